The summed E-state index contributed by atoms with van der Waals surface area (Å²) in [4.78, 5) is 26.5. The van der Waals surface area contributed by atoms with Gasteiger partial charge in [-0.1, -0.05) is 6.07 Å². The van der Waals surface area contributed by atoms with Gasteiger partial charge in [0.05, 0.1) is 18.7 Å². The van der Waals surface area contributed by atoms with E-state index in [0.717, 1.165) is 11.1 Å². The second-order valence-electron chi connectivity index (χ2n) is 4.53. The number of aromatic amines is 1. The van der Waals surface area contributed by atoms with Crippen molar-refractivity contribution in [1.29, 1.82) is 5.26 Å². The Morgan fingerprint density at radius 2 is 2.24 bits per heavy atom. The zero-order valence-electron chi connectivity index (χ0n) is 11.8. The van der Waals surface area contributed by atoms with E-state index < -0.39 is 11.9 Å². The Labute approximate surface area is 121 Å². The number of nitrogens with zero attached hydrogens (tertiary/aromatic N) is 1. The Morgan fingerprint density at radius 1 is 1.48 bits per heavy atom. The molecule has 21 heavy (non-hydrogen) atoms. The minimum Gasteiger partial charge on any atom is -0.465 e. The number of nitrogens with one attached hydrogen (secondary N) is 2. The molecular formula is C15H15N3O3. The highest BCUT2D eigenvalue weighted by Crippen LogP contribution is 2.25. The molecule has 2 rings (SSSR count). The van der Waals surface area contributed by atoms with E-state index in [9.17, 15) is 9.59 Å². The monoisotopic (exact) mass is 285 g/mol. The summed E-state index contributed by atoms with van der Waals surface area (Å²) in [6, 6.07) is 7.21. The van der Waals surface area contributed by atoms with Crippen LogP contribution in [0.25, 0.3) is 10.9 Å². The van der Waals surface area contributed by atoms with E-state index in [1.807, 2.05) is 12.1 Å². The summed E-state index contributed by atoms with van der Waals surface area (Å²) in [7, 11) is 2.80. The number of ether oxygens (including phenoxy) is 1. The molecule has 1 heterocycles. The summed E-state index contributed by atoms with van der Waals surface area (Å²) in [5.41, 5.74) is 1.92. The van der Waals surface area contributed by atoms with Gasteiger partial charge in [-0.3, -0.25) is 4.79 Å². The van der Waals surface area contributed by atoms with Crippen molar-refractivity contribution < 1.29 is 14.3 Å². The number of aromatic nitrogens is 1. The van der Waals surface area contributed by atoms with Crippen LogP contribution < -0.4 is 5.32 Å². The van der Waals surface area contributed by atoms with Crippen molar-refractivity contribution in [1.82, 2.24) is 10.3 Å². The Bertz CT molecular complexity index is 727. The van der Waals surface area contributed by atoms with Crippen LogP contribution in [0.5, 0.6) is 0 Å². The molecule has 1 atom stereocenters. The van der Waals surface area contributed by atoms with Crippen molar-refractivity contribution in [2.24, 2.45) is 5.92 Å². The summed E-state index contributed by atoms with van der Waals surface area (Å²) in [5, 5.41) is 12.3. The van der Waals surface area contributed by atoms with Gasteiger partial charge in [0.25, 0.3) is 0 Å². The number of hydrogen-bond acceptors (Lipinski definition) is 4. The third-order valence-corrected chi connectivity index (χ3v) is 3.34. The number of carbonyl (C=O) groups excluding carboxylic acids is 2. The van der Waals surface area contributed by atoms with Gasteiger partial charge >= 0.3 is 5.97 Å². The maximum Gasteiger partial charge on any atom is 0.338 e. The van der Waals surface area contributed by atoms with Crippen molar-refractivity contribution in [3.63, 3.8) is 0 Å². The van der Waals surface area contributed by atoms with E-state index in [4.69, 9.17) is 10.00 Å². The second kappa shape index (κ2) is 6.09. The number of nitriles is 1. The van der Waals surface area contributed by atoms with Crippen LogP contribution in [0.2, 0.25) is 0 Å². The van der Waals surface area contributed by atoms with Crippen LogP contribution in [0.3, 0.4) is 0 Å². The Kier molecular flexibility index (Phi) is 4.24. The van der Waals surface area contributed by atoms with Crippen LogP contribution in [0, 0.1) is 17.2 Å². The SMILES string of the molecule is CNC(=O)[C@H](C#N)Cc1c[nH]c2cccc(C(=O)OC)c12. The molecule has 0 aliphatic carbocycles. The van der Waals surface area contributed by atoms with Crippen LogP contribution in [0.1, 0.15) is 15.9 Å². The van der Waals surface area contributed by atoms with Gasteiger partial charge in [0.15, 0.2) is 0 Å². The van der Waals surface area contributed by atoms with E-state index >= 15 is 0 Å². The Morgan fingerprint density at radius 3 is 2.86 bits per heavy atom. The smallest absolute Gasteiger partial charge is 0.338 e. The zero-order valence-corrected chi connectivity index (χ0v) is 11.8. The molecule has 6 nitrogen and oxygen atoms in total. The normalized spacial score (nSPS) is 11.7. The van der Waals surface area contributed by atoms with Gasteiger partial charge in [0.2, 0.25) is 5.91 Å². The van der Waals surface area contributed by atoms with Gasteiger partial charge < -0.3 is 15.0 Å². The molecule has 0 aliphatic heterocycles. The maximum absolute atomic E-state index is 11.8. The molecule has 0 aliphatic rings. The number of esters is 1. The van der Waals surface area contributed by atoms with Crippen molar-refractivity contribution >= 4 is 22.8 Å². The van der Waals surface area contributed by atoms with E-state index in [2.05, 4.69) is 10.3 Å². The number of fused-ring (bicyclic) bond motifs is 1. The van der Waals surface area contributed by atoms with Crippen molar-refractivity contribution in [3.8, 4) is 6.07 Å². The molecule has 6 heteroatoms. The largest absolute Gasteiger partial charge is 0.465 e. The minimum absolute atomic E-state index is 0.226. The van der Waals surface area contributed by atoms with Gasteiger partial charge in [-0.25, -0.2) is 4.79 Å². The summed E-state index contributed by atoms with van der Waals surface area (Å²) in [6.07, 6.45) is 1.94. The highest BCUT2D eigenvalue weighted by atomic mass is 16.5. The zero-order chi connectivity index (χ0) is 15.4. The molecule has 0 spiro atoms. The van der Waals surface area contributed by atoms with Gasteiger partial charge in [0.1, 0.15) is 5.92 Å². The van der Waals surface area contributed by atoms with Gasteiger partial charge in [-0.15, -0.1) is 0 Å². The number of benzene rings is 1. The van der Waals surface area contributed by atoms with Crippen LogP contribution in [-0.2, 0) is 16.0 Å². The molecular weight excluding hydrogens is 270 g/mol. The highest BCUT2D eigenvalue weighted by Gasteiger charge is 2.21. The van der Waals surface area contributed by atoms with E-state index in [1.165, 1.54) is 14.2 Å². The number of rotatable bonds is 4. The van der Waals surface area contributed by atoms with Crippen molar-refractivity contribution in [2.75, 3.05) is 14.2 Å². The Balaban J connectivity index is 2.48. The molecule has 1 aromatic heterocycles. The first-order chi connectivity index (χ1) is 10.1. The van der Waals surface area contributed by atoms with E-state index in [1.54, 1.807) is 18.3 Å². The predicted octanol–water partition coefficient (Wildman–Crippen LogP) is 1.38. The lowest BCUT2D eigenvalue weighted by atomic mass is 9.97. The lowest BCUT2D eigenvalue weighted by Gasteiger charge is -2.08. The fraction of sp³-hybridized carbons (Fsp3) is 0.267. The third-order valence-electron chi connectivity index (χ3n) is 3.34. The quantitative estimate of drug-likeness (QED) is 0.830. The first kappa shape index (κ1) is 14.6. The van der Waals surface area contributed by atoms with Gasteiger partial charge in [0, 0.05) is 24.1 Å². The summed E-state index contributed by atoms with van der Waals surface area (Å²) >= 11 is 0. The van der Waals surface area contributed by atoms with E-state index in [0.29, 0.717) is 10.9 Å². The molecule has 0 saturated carbocycles. The maximum atomic E-state index is 11.8. The number of hydrogen-bond donors (Lipinski definition) is 2. The molecule has 108 valence electrons. The van der Waals surface area contributed by atoms with Crippen molar-refractivity contribution in [3.05, 3.63) is 35.5 Å². The summed E-state index contributed by atoms with van der Waals surface area (Å²) < 4.78 is 4.77. The second-order valence-corrected chi connectivity index (χ2v) is 4.53. The van der Waals surface area contributed by atoms with Crippen LogP contribution in [0.15, 0.2) is 24.4 Å². The molecule has 0 radical (unpaired) electrons. The fourth-order valence-corrected chi connectivity index (χ4v) is 2.29. The molecule has 2 N–H and O–H groups in total. The van der Waals surface area contributed by atoms with Crippen LogP contribution in [-0.4, -0.2) is 31.0 Å². The number of methoxy groups -OCH3 is 1. The third kappa shape index (κ3) is 2.72. The first-order valence-corrected chi connectivity index (χ1v) is 6.40. The highest BCUT2D eigenvalue weighted by molar-refractivity contribution is 6.05. The number of H-pyrrole nitrogens is 1. The molecule has 0 bridgehead atoms. The van der Waals surface area contributed by atoms with E-state index in [-0.39, 0.29) is 12.3 Å². The topological polar surface area (TPSA) is 95.0 Å². The minimum atomic E-state index is -0.806. The predicted molar refractivity (Wildman–Crippen MR) is 76.5 cm³/mol. The molecule has 0 fully saturated rings. The molecule has 1 aromatic carbocycles. The molecule has 0 saturated heterocycles. The number of carbonyl (C=O) groups is 2. The Hall–Kier alpha value is -2.81. The van der Waals surface area contributed by atoms with Crippen molar-refractivity contribution in [2.45, 2.75) is 6.42 Å². The fourth-order valence-electron chi connectivity index (χ4n) is 2.29. The molecule has 0 unspecified atom stereocenters. The summed E-state index contributed by atoms with van der Waals surface area (Å²) in [5.74, 6) is -1.60. The van der Waals surface area contributed by atoms with Gasteiger partial charge in [-0.2, -0.15) is 5.26 Å². The summed E-state index contributed by atoms with van der Waals surface area (Å²) in [6.45, 7) is 0. The standard InChI is InChI=1S/C15H15N3O3/c1-17-14(19)9(7-16)6-10-8-18-12-5-3-4-11(13(10)12)15(20)21-2/h3-5,8-9,18H,6H2,1-2H3,(H,17,19)/t9-/m0/s1. The van der Waals surface area contributed by atoms with Crippen LogP contribution >= 0.6 is 0 Å². The lowest BCUT2D eigenvalue weighted by Crippen LogP contribution is -2.27. The van der Waals surface area contributed by atoms with Gasteiger partial charge in [-0.05, 0) is 24.1 Å². The average Bonchev–Trinajstić information content (AvgIpc) is 2.94. The number of amides is 1. The lowest BCUT2D eigenvalue weighted by molar-refractivity contribution is -0.122. The first-order valence-electron chi connectivity index (χ1n) is 6.40. The molecule has 2 aromatic rings. The molecule has 1 amide bonds. The van der Waals surface area contributed by atoms with Crippen LogP contribution in [0.4, 0.5) is 0 Å². The average molecular weight is 285 g/mol.